The maximum absolute atomic E-state index is 12.5. The minimum atomic E-state index is -0.0694. The topological polar surface area (TPSA) is 42.0 Å². The molecular weight excluding hydrogens is 372 g/mol. The lowest BCUT2D eigenvalue weighted by atomic mass is 10.0. The molecule has 0 spiro atoms. The van der Waals surface area contributed by atoms with Gasteiger partial charge in [0.2, 0.25) is 0 Å². The quantitative estimate of drug-likeness (QED) is 0.469. The molecule has 0 atom stereocenters. The van der Waals surface area contributed by atoms with Gasteiger partial charge in [0.1, 0.15) is 5.01 Å². The van der Waals surface area contributed by atoms with E-state index < -0.39 is 0 Å². The number of hydrogen-bond donors (Lipinski definition) is 1. The summed E-state index contributed by atoms with van der Waals surface area (Å²) in [7, 11) is 0. The molecule has 0 radical (unpaired) electrons. The van der Waals surface area contributed by atoms with Gasteiger partial charge in [-0.3, -0.25) is 4.79 Å². The predicted octanol–water partition coefficient (Wildman–Crippen LogP) is 5.78. The molecule has 0 saturated carbocycles. The Balaban J connectivity index is 1.42. The molecule has 2 heterocycles. The Hall–Kier alpha value is -2.76. The summed E-state index contributed by atoms with van der Waals surface area (Å²) in [6.45, 7) is 2.48. The molecule has 0 aliphatic heterocycles. The fraction of sp³-hybridized carbons (Fsp3) is 0.0909. The third-order valence-corrected chi connectivity index (χ3v) is 6.48. The molecule has 5 heteroatoms. The predicted molar refractivity (Wildman–Crippen MR) is 113 cm³/mol. The highest BCUT2D eigenvalue weighted by Gasteiger charge is 2.12. The molecule has 0 unspecified atom stereocenters. The van der Waals surface area contributed by atoms with Gasteiger partial charge in [-0.25, -0.2) is 4.98 Å². The Morgan fingerprint density at radius 2 is 1.70 bits per heavy atom. The Bertz CT molecular complexity index is 1040. The molecule has 3 nitrogen and oxygen atoms in total. The highest BCUT2D eigenvalue weighted by Crippen LogP contribution is 2.31. The van der Waals surface area contributed by atoms with Crippen LogP contribution in [0.25, 0.3) is 21.0 Å². The highest BCUT2D eigenvalue weighted by molar-refractivity contribution is 7.21. The number of carbonyl (C=O) groups is 1. The Morgan fingerprint density at radius 1 is 0.963 bits per heavy atom. The van der Waals surface area contributed by atoms with E-state index in [1.807, 2.05) is 60.8 Å². The van der Waals surface area contributed by atoms with E-state index >= 15 is 0 Å². The lowest BCUT2D eigenvalue weighted by Gasteiger charge is -2.06. The second kappa shape index (κ2) is 7.86. The molecule has 4 rings (SSSR count). The zero-order chi connectivity index (χ0) is 18.6. The maximum atomic E-state index is 12.5. The fourth-order valence-electron chi connectivity index (χ4n) is 2.80. The van der Waals surface area contributed by atoms with E-state index in [9.17, 15) is 4.79 Å². The van der Waals surface area contributed by atoms with Crippen molar-refractivity contribution in [1.82, 2.24) is 10.3 Å². The van der Waals surface area contributed by atoms with Crippen LogP contribution in [0, 0.1) is 6.92 Å². The van der Waals surface area contributed by atoms with Crippen LogP contribution >= 0.6 is 22.7 Å². The number of rotatable bonds is 5. The molecule has 0 bridgehead atoms. The maximum Gasteiger partial charge on any atom is 0.251 e. The number of aryl methyl sites for hydroxylation is 1. The van der Waals surface area contributed by atoms with Crippen LogP contribution in [-0.2, 0) is 6.54 Å². The van der Waals surface area contributed by atoms with Crippen molar-refractivity contribution in [1.29, 1.82) is 0 Å². The lowest BCUT2D eigenvalue weighted by Crippen LogP contribution is -2.22. The van der Waals surface area contributed by atoms with Crippen LogP contribution < -0.4 is 5.32 Å². The number of aromatic nitrogens is 1. The van der Waals surface area contributed by atoms with Crippen molar-refractivity contribution >= 4 is 28.6 Å². The molecule has 4 aromatic rings. The lowest BCUT2D eigenvalue weighted by molar-refractivity contribution is 0.0951. The van der Waals surface area contributed by atoms with Crippen LogP contribution in [0.5, 0.6) is 0 Å². The Morgan fingerprint density at radius 3 is 2.41 bits per heavy atom. The molecule has 27 heavy (non-hydrogen) atoms. The van der Waals surface area contributed by atoms with E-state index in [1.54, 1.807) is 22.7 Å². The van der Waals surface area contributed by atoms with Gasteiger partial charge in [0.05, 0.1) is 17.1 Å². The summed E-state index contributed by atoms with van der Waals surface area (Å²) in [4.78, 5) is 19.4. The number of benzene rings is 2. The minimum absolute atomic E-state index is 0.0694. The summed E-state index contributed by atoms with van der Waals surface area (Å²) < 4.78 is 0. The van der Waals surface area contributed by atoms with E-state index in [-0.39, 0.29) is 5.91 Å². The first kappa shape index (κ1) is 17.6. The van der Waals surface area contributed by atoms with Crippen LogP contribution in [0.15, 0.2) is 72.1 Å². The fourth-order valence-corrected chi connectivity index (χ4v) is 4.60. The van der Waals surface area contributed by atoms with Gasteiger partial charge in [-0.1, -0.05) is 48.5 Å². The summed E-state index contributed by atoms with van der Waals surface area (Å²) in [5.74, 6) is -0.0694. The largest absolute Gasteiger partial charge is 0.347 e. The summed E-state index contributed by atoms with van der Waals surface area (Å²) in [6.07, 6.45) is 0. The van der Waals surface area contributed by atoms with Gasteiger partial charge in [0.15, 0.2) is 0 Å². The molecule has 0 fully saturated rings. The smallest absolute Gasteiger partial charge is 0.251 e. The molecule has 1 amide bonds. The van der Waals surface area contributed by atoms with Gasteiger partial charge in [0, 0.05) is 10.4 Å². The molecule has 1 N–H and O–H groups in total. The van der Waals surface area contributed by atoms with E-state index in [1.165, 1.54) is 0 Å². The monoisotopic (exact) mass is 390 g/mol. The van der Waals surface area contributed by atoms with Crippen LogP contribution in [0.1, 0.15) is 20.9 Å². The van der Waals surface area contributed by atoms with Crippen molar-refractivity contribution < 1.29 is 4.79 Å². The number of thiazole rings is 1. The average molecular weight is 391 g/mol. The molecule has 0 saturated heterocycles. The van der Waals surface area contributed by atoms with Crippen molar-refractivity contribution in [3.63, 3.8) is 0 Å². The van der Waals surface area contributed by atoms with Gasteiger partial charge in [-0.2, -0.15) is 0 Å². The average Bonchev–Trinajstić information content (AvgIpc) is 3.37. The number of carbonyl (C=O) groups excluding carboxylic acids is 1. The van der Waals surface area contributed by atoms with Crippen molar-refractivity contribution in [3.05, 3.63) is 88.2 Å². The zero-order valence-electron chi connectivity index (χ0n) is 14.8. The summed E-state index contributed by atoms with van der Waals surface area (Å²) in [6, 6.07) is 21.9. The second-order valence-corrected chi connectivity index (χ2v) is 8.16. The first-order valence-electron chi connectivity index (χ1n) is 8.64. The number of hydrogen-bond acceptors (Lipinski definition) is 4. The Kier molecular flexibility index (Phi) is 5.14. The van der Waals surface area contributed by atoms with Crippen LogP contribution in [-0.4, -0.2) is 10.9 Å². The SMILES string of the molecule is Cc1nc(-c2cccs2)sc1CNC(=O)c1ccc(-c2ccccc2)cc1. The zero-order valence-corrected chi connectivity index (χ0v) is 16.4. The van der Waals surface area contributed by atoms with Gasteiger partial charge in [0.25, 0.3) is 5.91 Å². The number of nitrogens with one attached hydrogen (secondary N) is 1. The first-order chi connectivity index (χ1) is 13.2. The van der Waals surface area contributed by atoms with E-state index in [0.29, 0.717) is 12.1 Å². The molecule has 0 aliphatic rings. The first-order valence-corrected chi connectivity index (χ1v) is 10.3. The van der Waals surface area contributed by atoms with Gasteiger partial charge < -0.3 is 5.32 Å². The third kappa shape index (κ3) is 3.99. The molecule has 2 aromatic heterocycles. The standard InChI is InChI=1S/C22H18N2OS2/c1-15-20(27-22(24-15)19-8-5-13-26-19)14-23-21(25)18-11-9-17(10-12-18)16-6-3-2-4-7-16/h2-13H,14H2,1H3,(H,23,25). The normalized spacial score (nSPS) is 10.7. The molecule has 134 valence electrons. The Labute approximate surface area is 166 Å². The van der Waals surface area contributed by atoms with Crippen LogP contribution in [0.2, 0.25) is 0 Å². The van der Waals surface area contributed by atoms with Gasteiger partial charge in [-0.15, -0.1) is 22.7 Å². The summed E-state index contributed by atoms with van der Waals surface area (Å²) in [5.41, 5.74) is 3.88. The van der Waals surface area contributed by atoms with E-state index in [2.05, 4.69) is 28.5 Å². The van der Waals surface area contributed by atoms with E-state index in [4.69, 9.17) is 0 Å². The summed E-state index contributed by atoms with van der Waals surface area (Å²) >= 11 is 3.32. The van der Waals surface area contributed by atoms with Crippen LogP contribution in [0.4, 0.5) is 0 Å². The van der Waals surface area contributed by atoms with Gasteiger partial charge >= 0.3 is 0 Å². The molecular formula is C22H18N2OS2. The number of nitrogens with zero attached hydrogens (tertiary/aromatic N) is 1. The second-order valence-electron chi connectivity index (χ2n) is 6.13. The third-order valence-electron chi connectivity index (χ3n) is 4.29. The van der Waals surface area contributed by atoms with Crippen LogP contribution in [0.3, 0.4) is 0 Å². The summed E-state index contributed by atoms with van der Waals surface area (Å²) in [5, 5.41) is 6.07. The highest BCUT2D eigenvalue weighted by atomic mass is 32.1. The molecule has 0 aliphatic carbocycles. The number of amides is 1. The van der Waals surface area contributed by atoms with Crippen molar-refractivity contribution in [2.24, 2.45) is 0 Å². The van der Waals surface area contributed by atoms with E-state index in [0.717, 1.165) is 31.6 Å². The minimum Gasteiger partial charge on any atom is -0.347 e. The van der Waals surface area contributed by atoms with Crippen molar-refractivity contribution in [2.45, 2.75) is 13.5 Å². The van der Waals surface area contributed by atoms with Crippen molar-refractivity contribution in [2.75, 3.05) is 0 Å². The molecule has 2 aromatic carbocycles. The number of thiophene rings is 1. The van der Waals surface area contributed by atoms with Gasteiger partial charge in [-0.05, 0) is 41.6 Å². The van der Waals surface area contributed by atoms with Crippen molar-refractivity contribution in [3.8, 4) is 21.0 Å².